The van der Waals surface area contributed by atoms with E-state index in [9.17, 15) is 14.4 Å². The van der Waals surface area contributed by atoms with Crippen molar-refractivity contribution in [2.45, 2.75) is 6.92 Å². The van der Waals surface area contributed by atoms with Crippen LogP contribution in [0, 0.1) is 28.8 Å². The number of halogens is 3. The number of aliphatic hydroxyl groups is 1. The van der Waals surface area contributed by atoms with E-state index in [1.807, 2.05) is 6.07 Å². The molecule has 36 heavy (non-hydrogen) atoms. The number of urea groups is 1. The molecule has 0 saturated carbocycles. The highest BCUT2D eigenvalue weighted by atomic mass is 19.1. The topological polar surface area (TPSA) is 117 Å². The van der Waals surface area contributed by atoms with Gasteiger partial charge in [0.05, 0.1) is 29.7 Å². The molecule has 0 unspecified atom stereocenters. The molecule has 3 aromatic rings. The van der Waals surface area contributed by atoms with Gasteiger partial charge in [-0.25, -0.2) is 22.9 Å². The van der Waals surface area contributed by atoms with Gasteiger partial charge in [-0.15, -0.1) is 0 Å². The van der Waals surface area contributed by atoms with Gasteiger partial charge in [0.25, 0.3) is 0 Å². The van der Waals surface area contributed by atoms with E-state index in [1.54, 1.807) is 6.92 Å². The Labute approximate surface area is 204 Å². The van der Waals surface area contributed by atoms with Crippen molar-refractivity contribution < 1.29 is 23.1 Å². The van der Waals surface area contributed by atoms with Gasteiger partial charge in [-0.2, -0.15) is 5.26 Å². The first kappa shape index (κ1) is 24.9. The molecule has 1 aliphatic heterocycles. The van der Waals surface area contributed by atoms with Gasteiger partial charge in [-0.1, -0.05) is 0 Å². The number of carbonyl (C=O) groups excluding carboxylic acids is 1. The van der Waals surface area contributed by atoms with Crippen molar-refractivity contribution in [1.29, 1.82) is 5.26 Å². The van der Waals surface area contributed by atoms with Crippen LogP contribution in [0.15, 0.2) is 36.7 Å². The van der Waals surface area contributed by atoms with Crippen molar-refractivity contribution in [2.75, 3.05) is 47.9 Å². The Morgan fingerprint density at radius 2 is 1.81 bits per heavy atom. The van der Waals surface area contributed by atoms with E-state index < -0.39 is 29.2 Å². The molecule has 0 atom stereocenters. The van der Waals surface area contributed by atoms with Gasteiger partial charge < -0.3 is 15.7 Å². The summed E-state index contributed by atoms with van der Waals surface area (Å²) in [4.78, 5) is 23.9. The zero-order valence-corrected chi connectivity index (χ0v) is 19.2. The number of aliphatic hydroxyl groups excluding tert-OH is 1. The lowest BCUT2D eigenvalue weighted by Gasteiger charge is -2.28. The summed E-state index contributed by atoms with van der Waals surface area (Å²) in [6.45, 7) is 2.82. The highest BCUT2D eigenvalue weighted by Gasteiger charge is 2.37. The second-order valence-electron chi connectivity index (χ2n) is 7.78. The number of anilines is 4. The summed E-state index contributed by atoms with van der Waals surface area (Å²) >= 11 is 0. The number of nitriles is 1. The molecule has 0 aliphatic carbocycles. The predicted octanol–water partition coefficient (Wildman–Crippen LogP) is 3.52. The van der Waals surface area contributed by atoms with Gasteiger partial charge in [0, 0.05) is 43.6 Å². The fourth-order valence-electron chi connectivity index (χ4n) is 3.91. The lowest BCUT2D eigenvalue weighted by molar-refractivity contribution is 0.253. The van der Waals surface area contributed by atoms with Crippen LogP contribution >= 0.6 is 0 Å². The van der Waals surface area contributed by atoms with Crippen LogP contribution in [0.1, 0.15) is 12.5 Å². The molecule has 0 saturated heterocycles. The zero-order chi connectivity index (χ0) is 25.8. The van der Waals surface area contributed by atoms with E-state index >= 15 is 8.78 Å². The minimum Gasteiger partial charge on any atom is -0.395 e. The first-order chi connectivity index (χ1) is 17.4. The molecule has 0 bridgehead atoms. The highest BCUT2D eigenvalue weighted by molar-refractivity contribution is 6.14. The maximum atomic E-state index is 15.4. The van der Waals surface area contributed by atoms with Crippen molar-refractivity contribution in [3.8, 4) is 17.3 Å². The van der Waals surface area contributed by atoms with Gasteiger partial charge in [0.2, 0.25) is 0 Å². The predicted molar refractivity (Wildman–Crippen MR) is 127 cm³/mol. The molecule has 2 aromatic heterocycles. The van der Waals surface area contributed by atoms with Crippen molar-refractivity contribution in [3.05, 3.63) is 59.7 Å². The summed E-state index contributed by atoms with van der Waals surface area (Å²) in [6.07, 6.45) is 2.16. The minimum atomic E-state index is -1.04. The van der Waals surface area contributed by atoms with Gasteiger partial charge in [-0.05, 0) is 31.2 Å². The summed E-state index contributed by atoms with van der Waals surface area (Å²) < 4.78 is 45.0. The molecule has 1 aromatic carbocycles. The lowest BCUT2D eigenvalue weighted by atomic mass is 10.1. The summed E-state index contributed by atoms with van der Waals surface area (Å²) in [7, 11) is 0. The Kier molecular flexibility index (Phi) is 7.33. The van der Waals surface area contributed by atoms with Crippen LogP contribution in [0.2, 0.25) is 0 Å². The molecule has 2 amide bonds. The third-order valence-corrected chi connectivity index (χ3v) is 5.48. The number of carbonyl (C=O) groups is 1. The Morgan fingerprint density at radius 1 is 1.06 bits per heavy atom. The molecule has 3 N–H and O–H groups in total. The van der Waals surface area contributed by atoms with Crippen LogP contribution in [0.4, 0.5) is 40.8 Å². The number of fused-ring (bicyclic) bond motifs is 3. The Hall–Kier alpha value is -4.21. The monoisotopic (exact) mass is 497 g/mol. The van der Waals surface area contributed by atoms with E-state index in [-0.39, 0.29) is 47.2 Å². The SMILES string of the molecule is CCN1C(=O)N(c2c(F)cc(NCCNCCO)cc2F)c2cc(C#N)cnc2-c2cc(F)cnc21. The zero-order valence-electron chi connectivity index (χ0n) is 19.2. The van der Waals surface area contributed by atoms with Gasteiger partial charge in [-0.3, -0.25) is 14.8 Å². The van der Waals surface area contributed by atoms with Crippen LogP contribution in [-0.2, 0) is 0 Å². The maximum absolute atomic E-state index is 15.4. The van der Waals surface area contributed by atoms with Crippen LogP contribution in [0.25, 0.3) is 11.3 Å². The first-order valence-corrected chi connectivity index (χ1v) is 11.1. The van der Waals surface area contributed by atoms with E-state index in [2.05, 4.69) is 20.6 Å². The molecule has 12 heteroatoms. The fraction of sp³-hybridized carbons (Fsp3) is 0.250. The van der Waals surface area contributed by atoms with Crippen LogP contribution in [-0.4, -0.2) is 53.9 Å². The Morgan fingerprint density at radius 3 is 2.47 bits per heavy atom. The molecular formula is C24H22F3N7O2. The molecule has 0 radical (unpaired) electrons. The minimum absolute atomic E-state index is 0.0352. The Bertz CT molecular complexity index is 1320. The number of benzene rings is 1. The summed E-state index contributed by atoms with van der Waals surface area (Å²) in [5, 5.41) is 24.0. The standard InChI is InChI=1S/C24H22F3N7O2/c1-2-33-23-17(8-15(25)13-32-23)21-20(7-14(11-28)12-31-21)34(24(33)36)22-18(26)9-16(10-19(22)27)30-4-3-29-5-6-35/h7-10,12-13,29-30,35H,2-6H2,1H3. The number of pyridine rings is 2. The molecular weight excluding hydrogens is 475 g/mol. The lowest BCUT2D eigenvalue weighted by Crippen LogP contribution is -2.41. The molecule has 186 valence electrons. The molecule has 9 nitrogen and oxygen atoms in total. The van der Waals surface area contributed by atoms with E-state index in [4.69, 9.17) is 5.11 Å². The number of nitrogens with zero attached hydrogens (tertiary/aromatic N) is 5. The third kappa shape index (κ3) is 4.66. The van der Waals surface area contributed by atoms with E-state index in [0.29, 0.717) is 19.6 Å². The van der Waals surface area contributed by atoms with Gasteiger partial charge in [0.15, 0.2) is 11.6 Å². The molecule has 3 heterocycles. The second kappa shape index (κ2) is 10.6. The largest absolute Gasteiger partial charge is 0.395 e. The van der Waals surface area contributed by atoms with Crippen molar-refractivity contribution >= 4 is 28.9 Å². The first-order valence-electron chi connectivity index (χ1n) is 11.1. The van der Waals surface area contributed by atoms with Crippen molar-refractivity contribution in [1.82, 2.24) is 15.3 Å². The van der Waals surface area contributed by atoms with Crippen LogP contribution in [0.5, 0.6) is 0 Å². The average molecular weight is 497 g/mol. The molecule has 1 aliphatic rings. The quantitative estimate of drug-likeness (QED) is 0.408. The van der Waals surface area contributed by atoms with Crippen molar-refractivity contribution in [3.63, 3.8) is 0 Å². The van der Waals surface area contributed by atoms with Crippen LogP contribution < -0.4 is 20.4 Å². The maximum Gasteiger partial charge on any atom is 0.335 e. The number of hydrogen-bond donors (Lipinski definition) is 3. The normalized spacial score (nSPS) is 12.6. The second-order valence-corrected chi connectivity index (χ2v) is 7.78. The summed E-state index contributed by atoms with van der Waals surface area (Å²) in [5.74, 6) is -2.70. The summed E-state index contributed by atoms with van der Waals surface area (Å²) in [6, 6.07) is 5.54. The van der Waals surface area contributed by atoms with Crippen LogP contribution in [0.3, 0.4) is 0 Å². The smallest absolute Gasteiger partial charge is 0.335 e. The van der Waals surface area contributed by atoms with Gasteiger partial charge >= 0.3 is 6.03 Å². The number of aromatic nitrogens is 2. The summed E-state index contributed by atoms with van der Waals surface area (Å²) in [5.41, 5.74) is -0.399. The number of nitrogens with one attached hydrogen (secondary N) is 2. The fourth-order valence-corrected chi connectivity index (χ4v) is 3.91. The van der Waals surface area contributed by atoms with Crippen molar-refractivity contribution in [2.24, 2.45) is 0 Å². The Balaban J connectivity index is 1.84. The molecule has 0 spiro atoms. The van der Waals surface area contributed by atoms with E-state index in [1.165, 1.54) is 12.3 Å². The molecule has 0 fully saturated rings. The highest BCUT2D eigenvalue weighted by Crippen LogP contribution is 2.44. The number of hydrogen-bond acceptors (Lipinski definition) is 7. The average Bonchev–Trinajstić information content (AvgIpc) is 2.95. The number of amides is 2. The number of rotatable bonds is 8. The van der Waals surface area contributed by atoms with E-state index in [0.717, 1.165) is 34.2 Å². The molecule has 4 rings (SSSR count). The third-order valence-electron chi connectivity index (χ3n) is 5.48. The van der Waals surface area contributed by atoms with Gasteiger partial charge in [0.1, 0.15) is 23.4 Å².